The van der Waals surface area contributed by atoms with E-state index in [4.69, 9.17) is 18.9 Å². The molecule has 34 heavy (non-hydrogen) atoms. The number of aliphatic hydroxyl groups is 3. The van der Waals surface area contributed by atoms with E-state index in [-0.39, 0.29) is 59.7 Å². The van der Waals surface area contributed by atoms with Gasteiger partial charge in [0.2, 0.25) is 0 Å². The highest BCUT2D eigenvalue weighted by molar-refractivity contribution is 5.85. The largest absolute Gasteiger partial charge is 0.392 e. The van der Waals surface area contributed by atoms with Crippen molar-refractivity contribution in [2.75, 3.05) is 48.1 Å². The average molecular weight is 504 g/mol. The van der Waals surface area contributed by atoms with E-state index in [0.29, 0.717) is 19.4 Å². The van der Waals surface area contributed by atoms with E-state index in [0.717, 1.165) is 25.9 Å². The summed E-state index contributed by atoms with van der Waals surface area (Å²) in [7, 11) is 6.79. The molecule has 0 amide bonds. The molecule has 196 valence electrons. The molecule has 0 aromatic carbocycles. The van der Waals surface area contributed by atoms with Gasteiger partial charge in [-0.25, -0.2) is 0 Å². The summed E-state index contributed by atoms with van der Waals surface area (Å²) < 4.78 is 24.0. The highest BCUT2D eigenvalue weighted by Gasteiger charge is 2.91. The topological polar surface area (TPSA) is 101 Å². The maximum atomic E-state index is 12.9. The van der Waals surface area contributed by atoms with E-state index >= 15 is 0 Å². The number of hydrogen-bond acceptors (Lipinski definition) is 8. The number of fused-ring (bicyclic) bond motifs is 2. The predicted molar refractivity (Wildman–Crippen MR) is 126 cm³/mol. The third-order valence-corrected chi connectivity index (χ3v) is 11.5. The van der Waals surface area contributed by atoms with Crippen molar-refractivity contribution in [3.8, 4) is 0 Å². The molecule has 1 spiro atoms. The van der Waals surface area contributed by atoms with Crippen LogP contribution < -0.4 is 0 Å². The van der Waals surface area contributed by atoms with Crippen LogP contribution in [0.1, 0.15) is 32.6 Å². The van der Waals surface area contributed by atoms with E-state index in [9.17, 15) is 15.3 Å². The van der Waals surface area contributed by atoms with Crippen LogP contribution in [0, 0.1) is 34.5 Å². The van der Waals surface area contributed by atoms with Crippen molar-refractivity contribution in [3.05, 3.63) is 0 Å². The highest BCUT2D eigenvalue weighted by Crippen LogP contribution is 2.80. The first-order valence-corrected chi connectivity index (χ1v) is 12.7. The molecule has 1 aliphatic heterocycles. The van der Waals surface area contributed by atoms with Gasteiger partial charge in [0.15, 0.2) is 0 Å². The Hall–Kier alpha value is -0.0300. The number of methoxy groups -OCH3 is 4. The minimum Gasteiger partial charge on any atom is -0.392 e. The molecule has 0 aromatic rings. The third-order valence-electron chi connectivity index (χ3n) is 11.5. The van der Waals surface area contributed by atoms with Crippen LogP contribution >= 0.6 is 12.4 Å². The molecule has 0 radical (unpaired) electrons. The fourth-order valence-electron chi connectivity index (χ4n) is 11.0. The van der Waals surface area contributed by atoms with Crippen molar-refractivity contribution in [2.24, 2.45) is 34.5 Å². The maximum absolute atomic E-state index is 12.9. The molecule has 3 N–H and O–H groups in total. The lowest BCUT2D eigenvalue weighted by Crippen LogP contribution is -2.82. The van der Waals surface area contributed by atoms with Crippen LogP contribution in [0.4, 0.5) is 0 Å². The van der Waals surface area contributed by atoms with Crippen molar-refractivity contribution >= 4 is 12.4 Å². The molecule has 6 fully saturated rings. The van der Waals surface area contributed by atoms with E-state index in [1.165, 1.54) is 0 Å². The molecule has 6 aliphatic rings. The molecule has 7 bridgehead atoms. The second-order valence-electron chi connectivity index (χ2n) is 11.9. The second kappa shape index (κ2) is 7.98. The third kappa shape index (κ3) is 2.40. The summed E-state index contributed by atoms with van der Waals surface area (Å²) in [6.07, 6.45) is 1.06. The molecule has 13 atom stereocenters. The minimum absolute atomic E-state index is 0. The Balaban J connectivity index is 0.00000241. The van der Waals surface area contributed by atoms with Gasteiger partial charge in [0.1, 0.15) is 11.2 Å². The lowest BCUT2D eigenvalue weighted by atomic mass is 9.42. The average Bonchev–Trinajstić information content (AvgIpc) is 3.22. The van der Waals surface area contributed by atoms with Crippen LogP contribution in [0.2, 0.25) is 0 Å². The van der Waals surface area contributed by atoms with E-state index in [1.807, 2.05) is 0 Å². The van der Waals surface area contributed by atoms with Crippen LogP contribution in [0.25, 0.3) is 0 Å². The lowest BCUT2D eigenvalue weighted by Gasteiger charge is -2.69. The van der Waals surface area contributed by atoms with Gasteiger partial charge in [-0.1, -0.05) is 6.92 Å². The van der Waals surface area contributed by atoms with Gasteiger partial charge in [-0.05, 0) is 31.7 Å². The summed E-state index contributed by atoms with van der Waals surface area (Å²) in [4.78, 5) is 2.33. The molecule has 5 saturated carbocycles. The summed E-state index contributed by atoms with van der Waals surface area (Å²) in [6.45, 7) is 4.18. The number of aliphatic hydroxyl groups excluding tert-OH is 1. The Labute approximate surface area is 208 Å². The maximum Gasteiger partial charge on any atom is 0.136 e. The predicted octanol–water partition coefficient (Wildman–Crippen LogP) is 0.693. The summed E-state index contributed by atoms with van der Waals surface area (Å²) in [5, 5.41) is 37.6. The van der Waals surface area contributed by atoms with Crippen LogP contribution in [0.3, 0.4) is 0 Å². The van der Waals surface area contributed by atoms with Gasteiger partial charge in [-0.2, -0.15) is 0 Å². The zero-order valence-corrected chi connectivity index (χ0v) is 21.8. The fourth-order valence-corrected chi connectivity index (χ4v) is 11.0. The standard InChI is InChI=1S/C25H41NO7.ClH/c1-6-26-11-22(12-30-2)8-7-16(27)24-14-9-13-15(31-3)10-23(28,17(14)18(13)32-4)25(29,21(24)26)20(33-5)19(22)24;/h13-21,27-29H,6-12H2,1-5H3;1H. The number of likely N-dealkylation sites (tertiary alicyclic amines) is 1. The summed E-state index contributed by atoms with van der Waals surface area (Å²) in [5.41, 5.74) is -3.82. The monoisotopic (exact) mass is 503 g/mol. The van der Waals surface area contributed by atoms with Gasteiger partial charge in [0, 0.05) is 70.0 Å². The van der Waals surface area contributed by atoms with Crippen molar-refractivity contribution in [3.63, 3.8) is 0 Å². The normalized spacial score (nSPS) is 59.1. The van der Waals surface area contributed by atoms with Gasteiger partial charge in [0.25, 0.3) is 0 Å². The fraction of sp³-hybridized carbons (Fsp3) is 1.00. The molecule has 8 nitrogen and oxygen atoms in total. The Bertz CT molecular complexity index is 820. The number of piperidine rings is 1. The van der Waals surface area contributed by atoms with E-state index < -0.39 is 28.8 Å². The summed E-state index contributed by atoms with van der Waals surface area (Å²) in [6, 6.07) is -0.386. The minimum atomic E-state index is -1.55. The van der Waals surface area contributed by atoms with E-state index in [2.05, 4.69) is 11.8 Å². The molecule has 0 aromatic heterocycles. The smallest absolute Gasteiger partial charge is 0.136 e. The van der Waals surface area contributed by atoms with Crippen LogP contribution in [0.5, 0.6) is 0 Å². The molecule has 13 unspecified atom stereocenters. The zero-order chi connectivity index (χ0) is 23.6. The van der Waals surface area contributed by atoms with Crippen molar-refractivity contribution in [1.29, 1.82) is 0 Å². The van der Waals surface area contributed by atoms with Crippen LogP contribution in [-0.2, 0) is 18.9 Å². The zero-order valence-electron chi connectivity index (χ0n) is 21.0. The first-order valence-electron chi connectivity index (χ1n) is 12.7. The Morgan fingerprint density at radius 1 is 1.06 bits per heavy atom. The first kappa shape index (κ1) is 25.6. The van der Waals surface area contributed by atoms with Crippen molar-refractivity contribution < 1.29 is 34.3 Å². The molecule has 5 aliphatic carbocycles. The number of ether oxygens (including phenoxy) is 4. The second-order valence-corrected chi connectivity index (χ2v) is 11.9. The molecule has 1 saturated heterocycles. The van der Waals surface area contributed by atoms with Crippen LogP contribution in [0.15, 0.2) is 0 Å². The molecular formula is C25H42ClNO7. The number of halogens is 1. The van der Waals surface area contributed by atoms with Gasteiger partial charge in [-0.3, -0.25) is 4.90 Å². The van der Waals surface area contributed by atoms with Crippen molar-refractivity contribution in [2.45, 2.75) is 74.3 Å². The van der Waals surface area contributed by atoms with Gasteiger partial charge in [0.05, 0.1) is 37.1 Å². The molecular weight excluding hydrogens is 462 g/mol. The Morgan fingerprint density at radius 3 is 2.38 bits per heavy atom. The SMILES string of the molecule is CCN1CC2(COC)CCC(O)C34C5CC6C(OC)CC(O)(C5C6OC)C(O)(C(OC)C23)C14.Cl. The van der Waals surface area contributed by atoms with Crippen LogP contribution in [-0.4, -0.2) is 110 Å². The number of rotatable bonds is 6. The molecule has 1 heterocycles. The Kier molecular flexibility index (Phi) is 6.01. The number of likely N-dealkylation sites (N-methyl/N-ethyl adjacent to an activating group) is 1. The Morgan fingerprint density at radius 2 is 1.79 bits per heavy atom. The summed E-state index contributed by atoms with van der Waals surface area (Å²) >= 11 is 0. The van der Waals surface area contributed by atoms with Gasteiger partial charge in [-0.15, -0.1) is 12.4 Å². The molecule has 6 rings (SSSR count). The number of hydrogen-bond donors (Lipinski definition) is 3. The van der Waals surface area contributed by atoms with Gasteiger partial charge >= 0.3 is 0 Å². The van der Waals surface area contributed by atoms with Gasteiger partial charge < -0.3 is 34.3 Å². The first-order chi connectivity index (χ1) is 15.8. The van der Waals surface area contributed by atoms with E-state index in [1.54, 1.807) is 28.4 Å². The highest BCUT2D eigenvalue weighted by atomic mass is 35.5. The molecule has 9 heteroatoms. The lowest BCUT2D eigenvalue weighted by molar-refractivity contribution is -0.318. The summed E-state index contributed by atoms with van der Waals surface area (Å²) in [5.74, 6) is -0.231. The quantitative estimate of drug-likeness (QED) is 0.487. The number of nitrogens with zero attached hydrogens (tertiary/aromatic N) is 1. The van der Waals surface area contributed by atoms with Crippen molar-refractivity contribution in [1.82, 2.24) is 4.90 Å².